The molecule has 0 aromatic rings. The van der Waals surface area contributed by atoms with Gasteiger partial charge in [0.05, 0.1) is 165 Å². The average Bonchev–Trinajstić information content (AvgIpc) is 3.98. The fraction of sp³-hybridized carbons (Fsp3) is 0.862. The van der Waals surface area contributed by atoms with E-state index in [2.05, 4.69) is 26.6 Å². The molecule has 1 rings (SSSR count). The van der Waals surface area contributed by atoms with E-state index < -0.39 is 0 Å². The Kier molecular flexibility index (Phi) is 100. The molecule has 0 aromatic carbocycles. The highest BCUT2D eigenvalue weighted by Gasteiger charge is 2.27. The van der Waals surface area contributed by atoms with Crippen molar-refractivity contribution < 1.29 is 95.2 Å². The lowest BCUT2D eigenvalue weighted by atomic mass is 10.2. The molecule has 26 heteroatoms. The van der Waals surface area contributed by atoms with Gasteiger partial charge in [0.25, 0.3) is 0 Å². The highest BCUT2D eigenvalue weighted by Crippen LogP contribution is 2.13. The van der Waals surface area contributed by atoms with Crippen LogP contribution in [0.15, 0.2) is 0 Å². The minimum atomic E-state index is -0.177. The van der Waals surface area contributed by atoms with Gasteiger partial charge in [0.1, 0.15) is 12.1 Å². The van der Waals surface area contributed by atoms with E-state index >= 15 is 0 Å². The number of hydrogen-bond acceptors (Lipinski definition) is 21. The molecule has 1 saturated heterocycles. The molecule has 0 aliphatic carbocycles. The van der Waals surface area contributed by atoms with E-state index in [9.17, 15) is 33.6 Å². The first-order valence-corrected chi connectivity index (χ1v) is 30.1. The molecule has 0 atom stereocenters. The predicted molar refractivity (Wildman–Crippen MR) is 325 cm³/mol. The van der Waals surface area contributed by atoms with Crippen molar-refractivity contribution >= 4 is 48.0 Å². The summed E-state index contributed by atoms with van der Waals surface area (Å²) in [5.74, 6) is -0.171. The molecule has 0 spiro atoms. The van der Waals surface area contributed by atoms with E-state index in [1.54, 1.807) is 28.1 Å². The number of likely N-dealkylation sites (N-methyl/N-ethyl adjacent to an activating group) is 2. The van der Waals surface area contributed by atoms with Gasteiger partial charge in [-0.15, -0.1) is 0 Å². The van der Waals surface area contributed by atoms with Crippen LogP contribution in [-0.2, 0) is 95.2 Å². The van der Waals surface area contributed by atoms with E-state index in [1.165, 1.54) is 4.90 Å². The molecule has 5 N–H and O–H groups in total. The molecule has 1 aliphatic heterocycles. The molecule has 6 amide bonds. The number of Topliss-reactive ketones (excluding diaryl/α,β-unsaturated/α-hetero) is 1. The average molecular weight is 1220 g/mol. The normalized spacial score (nSPS) is 10.8. The number of nitrogens with zero attached hydrogens (tertiary/aromatic N) is 1. The summed E-state index contributed by atoms with van der Waals surface area (Å²) >= 11 is 0. The molecule has 1 aliphatic rings. The number of hydrogen-bond donors (Lipinski definition) is 5. The van der Waals surface area contributed by atoms with E-state index in [0.29, 0.717) is 210 Å². The number of ether oxygens (including phenoxy) is 12. The number of nitrogens with one attached hydrogen (secondary N) is 5. The lowest BCUT2D eigenvalue weighted by Crippen LogP contribution is -2.39. The van der Waals surface area contributed by atoms with Crippen LogP contribution in [-0.4, -0.2) is 259 Å². The fourth-order valence-corrected chi connectivity index (χ4v) is 5.17. The van der Waals surface area contributed by atoms with Gasteiger partial charge in [-0.05, 0) is 40.2 Å². The second-order valence-electron chi connectivity index (χ2n) is 16.0. The van der Waals surface area contributed by atoms with Gasteiger partial charge < -0.3 is 93.0 Å². The zero-order valence-electron chi connectivity index (χ0n) is 54.4. The van der Waals surface area contributed by atoms with Crippen LogP contribution in [0.2, 0.25) is 0 Å². The summed E-state index contributed by atoms with van der Waals surface area (Å²) in [6, 6.07) is 0. The third kappa shape index (κ3) is 91.6. The number of amides is 6. The summed E-state index contributed by atoms with van der Waals surface area (Å²) in [6.45, 7) is 33.1. The van der Waals surface area contributed by atoms with Gasteiger partial charge in [0, 0.05) is 65.9 Å². The zero-order chi connectivity index (χ0) is 64.6. The molecule has 0 aromatic heterocycles. The SMILES string of the molecule is CC.CC.CC.CCC(C)=O.CCCNC(=O)CCOCCOCCOCCOCCOCCOCCOCCOCCOCCOCCOCCOC.CCNC(=O)CNC(=O)CNC.CNC=O.O=CCCCCCN1C(=O)CCC1=O. The summed E-state index contributed by atoms with van der Waals surface area (Å²) in [7, 11) is 4.88. The summed E-state index contributed by atoms with van der Waals surface area (Å²) in [4.78, 5) is 85.5. The Morgan fingerprint density at radius 1 is 0.476 bits per heavy atom. The minimum absolute atomic E-state index is 0.0173. The van der Waals surface area contributed by atoms with Crippen LogP contribution in [0.25, 0.3) is 0 Å². The van der Waals surface area contributed by atoms with Crippen LogP contribution in [0.4, 0.5) is 0 Å². The third-order valence-corrected chi connectivity index (χ3v) is 9.33. The first-order chi connectivity index (χ1) is 40.9. The molecular weight excluding hydrogens is 1100 g/mol. The van der Waals surface area contributed by atoms with Crippen molar-refractivity contribution in [3.63, 3.8) is 0 Å². The van der Waals surface area contributed by atoms with Crippen molar-refractivity contribution in [1.82, 2.24) is 31.5 Å². The van der Waals surface area contributed by atoms with Crippen LogP contribution in [0.5, 0.6) is 0 Å². The van der Waals surface area contributed by atoms with Crippen molar-refractivity contribution in [2.75, 3.05) is 206 Å². The smallest absolute Gasteiger partial charge is 0.239 e. The monoisotopic (exact) mass is 1220 g/mol. The van der Waals surface area contributed by atoms with Gasteiger partial charge in [-0.25, -0.2) is 0 Å². The van der Waals surface area contributed by atoms with Gasteiger partial charge in [-0.2, -0.15) is 0 Å². The molecule has 84 heavy (non-hydrogen) atoms. The van der Waals surface area contributed by atoms with Crippen molar-refractivity contribution in [3.05, 3.63) is 0 Å². The quantitative estimate of drug-likeness (QED) is 0.0331. The Balaban J connectivity index is -0.000000231. The number of ketones is 1. The molecular formula is C58H120N6O20. The first-order valence-electron chi connectivity index (χ1n) is 30.1. The molecule has 502 valence electrons. The van der Waals surface area contributed by atoms with Crippen molar-refractivity contribution in [2.45, 2.75) is 127 Å². The molecule has 26 nitrogen and oxygen atoms in total. The van der Waals surface area contributed by atoms with E-state index in [0.717, 1.165) is 32.0 Å². The Labute approximate surface area is 506 Å². The molecule has 0 bridgehead atoms. The largest absolute Gasteiger partial charge is 0.382 e. The number of likely N-dealkylation sites (tertiary alicyclic amines) is 1. The second-order valence-corrected chi connectivity index (χ2v) is 16.0. The van der Waals surface area contributed by atoms with Crippen LogP contribution < -0.4 is 26.6 Å². The lowest BCUT2D eigenvalue weighted by molar-refractivity contribution is -0.138. The zero-order valence-corrected chi connectivity index (χ0v) is 54.4. The standard InChI is InChI=1S/C29H59NO13.C10H15NO3.C7H15N3O2.C4H8O.C2H5NO.3C2H6/c1-3-5-30-29(31)4-6-33-9-10-35-13-14-37-17-18-39-21-22-41-25-26-43-28-27-42-24-23-40-20-19-38-16-15-36-12-11-34-8-7-32-2;12-8-4-2-1-3-7-11-9(13)5-6-10(11)14;1-3-9-7(12)5-10-6(11)4-8-2;1-3-4(2)5;1-3-2-4;3*1-2/h3-28H2,1-2H3,(H,30,31);8H,1-7H2;8H,3-5H2,1-2H3,(H,9,12)(H,10,11);3H2,1-2H3;2H,1H3,(H,3,4);3*1-2H3. The highest BCUT2D eigenvalue weighted by atomic mass is 16.6. The maximum Gasteiger partial charge on any atom is 0.239 e. The van der Waals surface area contributed by atoms with Crippen LogP contribution in [0.3, 0.4) is 0 Å². The van der Waals surface area contributed by atoms with Gasteiger partial charge >= 0.3 is 0 Å². The fourth-order valence-electron chi connectivity index (χ4n) is 5.17. The van der Waals surface area contributed by atoms with Crippen LogP contribution in [0, 0.1) is 0 Å². The molecule has 0 saturated carbocycles. The molecule has 0 unspecified atom stereocenters. The van der Waals surface area contributed by atoms with Crippen molar-refractivity contribution in [2.24, 2.45) is 0 Å². The minimum Gasteiger partial charge on any atom is -0.382 e. The number of rotatable bonds is 51. The predicted octanol–water partition coefficient (Wildman–Crippen LogP) is 3.51. The summed E-state index contributed by atoms with van der Waals surface area (Å²) < 4.78 is 64.5. The summed E-state index contributed by atoms with van der Waals surface area (Å²) in [5, 5.41) is 12.8. The lowest BCUT2D eigenvalue weighted by Gasteiger charge is -2.12. The van der Waals surface area contributed by atoms with Gasteiger partial charge in [0.15, 0.2) is 0 Å². The Morgan fingerprint density at radius 3 is 1.10 bits per heavy atom. The van der Waals surface area contributed by atoms with Crippen molar-refractivity contribution in [3.8, 4) is 0 Å². The van der Waals surface area contributed by atoms with Crippen LogP contribution in [0.1, 0.15) is 127 Å². The highest BCUT2D eigenvalue weighted by molar-refractivity contribution is 6.01. The Hall–Kier alpha value is -4.16. The van der Waals surface area contributed by atoms with E-state index in [4.69, 9.17) is 61.6 Å². The number of imide groups is 1. The number of unbranched alkanes of at least 4 members (excludes halogenated alkanes) is 3. The van der Waals surface area contributed by atoms with Crippen molar-refractivity contribution in [1.29, 1.82) is 0 Å². The second kappa shape index (κ2) is 90.0. The molecule has 1 fully saturated rings. The molecule has 1 heterocycles. The number of methoxy groups -OCH3 is 1. The van der Waals surface area contributed by atoms with Gasteiger partial charge in [-0.3, -0.25) is 33.7 Å². The summed E-state index contributed by atoms with van der Waals surface area (Å²) in [6.07, 6.45) is 7.36. The van der Waals surface area contributed by atoms with Crippen LogP contribution >= 0.6 is 0 Å². The maximum atomic E-state index is 11.4. The van der Waals surface area contributed by atoms with E-state index in [-0.39, 0.29) is 48.4 Å². The Bertz CT molecular complexity index is 1350. The number of carbonyl (C=O) groups is 8. The maximum absolute atomic E-state index is 11.4. The summed E-state index contributed by atoms with van der Waals surface area (Å²) in [5.41, 5.74) is 0. The number of carbonyl (C=O) groups excluding carboxylic acids is 8. The third-order valence-electron chi connectivity index (χ3n) is 9.33. The van der Waals surface area contributed by atoms with Gasteiger partial charge in [-0.1, -0.05) is 61.8 Å². The Morgan fingerprint density at radius 2 is 0.810 bits per heavy atom. The van der Waals surface area contributed by atoms with Gasteiger partial charge in [0.2, 0.25) is 35.9 Å². The van der Waals surface area contributed by atoms with E-state index in [1.807, 2.05) is 62.3 Å². The first kappa shape index (κ1) is 93.5. The molecule has 0 radical (unpaired) electrons. The number of aldehydes is 1. The topological polar surface area (TPSA) is 311 Å².